The van der Waals surface area contributed by atoms with Crippen LogP contribution in [0.3, 0.4) is 0 Å². The first-order valence-corrected chi connectivity index (χ1v) is 13.1. The molecule has 4 aromatic rings. The Hall–Kier alpha value is -3.86. The molecule has 0 saturated carbocycles. The Balaban J connectivity index is 1.28. The van der Waals surface area contributed by atoms with Gasteiger partial charge in [-0.2, -0.15) is 0 Å². The molecular formula is C32H37N3O2. The van der Waals surface area contributed by atoms with Gasteiger partial charge in [-0.25, -0.2) is 4.98 Å². The second-order valence-corrected chi connectivity index (χ2v) is 10.3. The van der Waals surface area contributed by atoms with Crippen LogP contribution in [-0.2, 0) is 23.2 Å². The first-order chi connectivity index (χ1) is 17.9. The van der Waals surface area contributed by atoms with Crippen molar-refractivity contribution in [3.05, 3.63) is 102 Å². The van der Waals surface area contributed by atoms with E-state index in [1.165, 1.54) is 5.56 Å². The summed E-state index contributed by atoms with van der Waals surface area (Å²) in [5.41, 5.74) is 4.60. The van der Waals surface area contributed by atoms with Crippen LogP contribution in [-0.4, -0.2) is 28.6 Å². The number of amides is 1. The molecule has 1 N–H and O–H groups in total. The van der Waals surface area contributed by atoms with Crippen molar-refractivity contribution in [3.63, 3.8) is 0 Å². The minimum Gasteiger partial charge on any atom is -0.494 e. The Bertz CT molecular complexity index is 1320. The van der Waals surface area contributed by atoms with Gasteiger partial charge >= 0.3 is 0 Å². The molecule has 37 heavy (non-hydrogen) atoms. The van der Waals surface area contributed by atoms with Crippen LogP contribution in [0, 0.1) is 0 Å². The van der Waals surface area contributed by atoms with E-state index >= 15 is 0 Å². The number of ether oxygens (including phenoxy) is 1. The summed E-state index contributed by atoms with van der Waals surface area (Å²) < 4.78 is 8.31. The van der Waals surface area contributed by atoms with Gasteiger partial charge < -0.3 is 14.6 Å². The molecule has 0 spiro atoms. The molecule has 3 aromatic carbocycles. The van der Waals surface area contributed by atoms with E-state index in [4.69, 9.17) is 9.72 Å². The number of carbonyl (C=O) groups excluding carboxylic acids is 1. The maximum Gasteiger partial charge on any atom is 0.243 e. The molecule has 0 aliphatic rings. The second kappa shape index (κ2) is 12.4. The molecule has 1 heterocycles. The fourth-order valence-corrected chi connectivity index (χ4v) is 4.28. The largest absolute Gasteiger partial charge is 0.494 e. The van der Waals surface area contributed by atoms with Gasteiger partial charge in [0, 0.05) is 25.6 Å². The molecule has 0 fully saturated rings. The summed E-state index contributed by atoms with van der Waals surface area (Å²) in [5, 5.41) is 2.98. The summed E-state index contributed by atoms with van der Waals surface area (Å²) in [6.07, 6.45) is 5.92. The van der Waals surface area contributed by atoms with Crippen molar-refractivity contribution in [3.8, 4) is 5.75 Å². The molecule has 0 atom stereocenters. The van der Waals surface area contributed by atoms with Crippen LogP contribution in [0.25, 0.3) is 17.1 Å². The Kier molecular flexibility index (Phi) is 8.78. The van der Waals surface area contributed by atoms with Gasteiger partial charge in [-0.05, 0) is 59.7 Å². The summed E-state index contributed by atoms with van der Waals surface area (Å²) in [6, 6.07) is 26.5. The fourth-order valence-electron chi connectivity index (χ4n) is 4.28. The van der Waals surface area contributed by atoms with Crippen LogP contribution >= 0.6 is 0 Å². The third kappa shape index (κ3) is 7.56. The molecular weight excluding hydrogens is 458 g/mol. The quantitative estimate of drug-likeness (QED) is 0.189. The van der Waals surface area contributed by atoms with Crippen molar-refractivity contribution in [2.45, 2.75) is 52.0 Å². The number of hydrogen-bond acceptors (Lipinski definition) is 3. The molecule has 0 aliphatic carbocycles. The van der Waals surface area contributed by atoms with Crippen LogP contribution in [0.2, 0.25) is 0 Å². The predicted octanol–water partition coefficient (Wildman–Crippen LogP) is 6.57. The lowest BCUT2D eigenvalue weighted by molar-refractivity contribution is -0.116. The van der Waals surface area contributed by atoms with Gasteiger partial charge in [-0.1, -0.05) is 75.4 Å². The van der Waals surface area contributed by atoms with Crippen molar-refractivity contribution in [1.82, 2.24) is 14.9 Å². The molecule has 0 bridgehead atoms. The molecule has 192 valence electrons. The number of aryl methyl sites for hydroxylation is 2. The monoisotopic (exact) mass is 495 g/mol. The van der Waals surface area contributed by atoms with Crippen molar-refractivity contribution in [2.75, 3.05) is 13.2 Å². The smallest absolute Gasteiger partial charge is 0.243 e. The summed E-state index contributed by atoms with van der Waals surface area (Å²) in [6.45, 7) is 8.73. The van der Waals surface area contributed by atoms with E-state index in [0.717, 1.165) is 54.0 Å². The zero-order valence-corrected chi connectivity index (χ0v) is 22.1. The van der Waals surface area contributed by atoms with Crippen LogP contribution in [0.1, 0.15) is 50.6 Å². The number of nitrogens with zero attached hydrogens (tertiary/aromatic N) is 2. The highest BCUT2D eigenvalue weighted by Crippen LogP contribution is 2.24. The average Bonchev–Trinajstić information content (AvgIpc) is 3.25. The molecule has 1 aromatic heterocycles. The first kappa shape index (κ1) is 26.2. The highest BCUT2D eigenvalue weighted by atomic mass is 16.5. The van der Waals surface area contributed by atoms with E-state index < -0.39 is 0 Å². The number of imidazole rings is 1. The second-order valence-electron chi connectivity index (χ2n) is 10.3. The molecule has 1 amide bonds. The minimum atomic E-state index is -0.0787. The average molecular weight is 496 g/mol. The third-order valence-corrected chi connectivity index (χ3v) is 6.35. The van der Waals surface area contributed by atoms with Gasteiger partial charge in [0.2, 0.25) is 5.91 Å². The van der Waals surface area contributed by atoms with Crippen LogP contribution in [0.5, 0.6) is 5.75 Å². The lowest BCUT2D eigenvalue weighted by Crippen LogP contribution is -2.22. The van der Waals surface area contributed by atoms with Crippen molar-refractivity contribution >= 4 is 23.0 Å². The zero-order chi connectivity index (χ0) is 26.1. The summed E-state index contributed by atoms with van der Waals surface area (Å²) >= 11 is 0. The maximum atomic E-state index is 12.2. The van der Waals surface area contributed by atoms with Crippen molar-refractivity contribution < 1.29 is 9.53 Å². The number of aromatic nitrogens is 2. The topological polar surface area (TPSA) is 56.1 Å². The Morgan fingerprint density at radius 1 is 0.946 bits per heavy atom. The van der Waals surface area contributed by atoms with Gasteiger partial charge in [0.25, 0.3) is 0 Å². The van der Waals surface area contributed by atoms with E-state index in [-0.39, 0.29) is 11.3 Å². The number of fused-ring (bicyclic) bond motifs is 1. The van der Waals surface area contributed by atoms with Crippen molar-refractivity contribution in [1.29, 1.82) is 0 Å². The molecule has 0 radical (unpaired) electrons. The molecule has 5 nitrogen and oxygen atoms in total. The minimum absolute atomic E-state index is 0.0787. The Morgan fingerprint density at radius 2 is 1.68 bits per heavy atom. The van der Waals surface area contributed by atoms with Crippen LogP contribution < -0.4 is 10.1 Å². The standard InChI is InChI=1S/C32H37N3O2/c1-32(2,3)26-17-19-27(20-18-26)37-24-10-23-35-29-14-8-7-13-28(29)34-30(35)15-9-22-33-31(36)21-16-25-11-5-4-6-12-25/h4-8,11-14,16-21H,9-10,15,22-24H2,1-3H3,(H,33,36)/b21-16+. The van der Waals surface area contributed by atoms with Crippen LogP contribution in [0.4, 0.5) is 0 Å². The normalized spacial score (nSPS) is 11.8. The van der Waals surface area contributed by atoms with E-state index in [1.807, 2.05) is 42.5 Å². The lowest BCUT2D eigenvalue weighted by Gasteiger charge is -2.19. The SMILES string of the molecule is CC(C)(C)c1ccc(OCCCn2c(CCCNC(=O)/C=C/c3ccccc3)nc3ccccc32)cc1. The lowest BCUT2D eigenvalue weighted by atomic mass is 9.87. The summed E-state index contributed by atoms with van der Waals surface area (Å²) in [5.74, 6) is 1.87. The van der Waals surface area contributed by atoms with Gasteiger partial charge in [-0.3, -0.25) is 4.79 Å². The van der Waals surface area contributed by atoms with E-state index in [2.05, 4.69) is 73.1 Å². The summed E-state index contributed by atoms with van der Waals surface area (Å²) in [7, 11) is 0. The van der Waals surface area contributed by atoms with Crippen LogP contribution in [0.15, 0.2) is 84.9 Å². The molecule has 4 rings (SSSR count). The van der Waals surface area contributed by atoms with Gasteiger partial charge in [0.05, 0.1) is 17.6 Å². The molecule has 0 saturated heterocycles. The highest BCUT2D eigenvalue weighted by molar-refractivity contribution is 5.91. The zero-order valence-electron chi connectivity index (χ0n) is 22.1. The molecule has 5 heteroatoms. The summed E-state index contributed by atoms with van der Waals surface area (Å²) in [4.78, 5) is 17.0. The van der Waals surface area contributed by atoms with E-state index in [0.29, 0.717) is 13.2 Å². The predicted molar refractivity (Wildman–Crippen MR) is 152 cm³/mol. The number of benzene rings is 3. The number of rotatable bonds is 11. The Morgan fingerprint density at radius 3 is 2.43 bits per heavy atom. The number of nitrogens with one attached hydrogen (secondary N) is 1. The van der Waals surface area contributed by atoms with Gasteiger partial charge in [0.15, 0.2) is 0 Å². The number of para-hydroxylation sites is 2. The highest BCUT2D eigenvalue weighted by Gasteiger charge is 2.13. The Labute approximate surface area is 220 Å². The molecule has 0 aliphatic heterocycles. The van der Waals surface area contributed by atoms with E-state index in [9.17, 15) is 4.79 Å². The molecule has 0 unspecified atom stereocenters. The van der Waals surface area contributed by atoms with Crippen molar-refractivity contribution in [2.24, 2.45) is 0 Å². The number of hydrogen-bond donors (Lipinski definition) is 1. The maximum absolute atomic E-state index is 12.2. The van der Waals surface area contributed by atoms with Gasteiger partial charge in [-0.15, -0.1) is 0 Å². The van der Waals surface area contributed by atoms with E-state index in [1.54, 1.807) is 6.08 Å². The first-order valence-electron chi connectivity index (χ1n) is 13.1. The third-order valence-electron chi connectivity index (χ3n) is 6.35. The fraction of sp³-hybridized carbons (Fsp3) is 0.312. The van der Waals surface area contributed by atoms with Gasteiger partial charge in [0.1, 0.15) is 11.6 Å². The number of carbonyl (C=O) groups is 1.